The van der Waals surface area contributed by atoms with Crippen LogP contribution in [0.15, 0.2) is 53.0 Å². The van der Waals surface area contributed by atoms with Crippen LogP contribution in [0, 0.1) is 6.92 Å². The maximum atomic E-state index is 12.3. The Labute approximate surface area is 158 Å². The van der Waals surface area contributed by atoms with E-state index in [-0.39, 0.29) is 5.91 Å². The topological polar surface area (TPSA) is 41.1 Å². The van der Waals surface area contributed by atoms with Crippen LogP contribution in [0.1, 0.15) is 15.9 Å². The third-order valence-electron chi connectivity index (χ3n) is 3.04. The predicted octanol–water partition coefficient (Wildman–Crippen LogP) is 5.30. The van der Waals surface area contributed by atoms with E-state index >= 15 is 0 Å². The molecule has 3 nitrogen and oxygen atoms in total. The zero-order valence-electron chi connectivity index (χ0n) is 12.1. The molecule has 0 bridgehead atoms. The Kier molecular flexibility index (Phi) is 6.20. The van der Waals surface area contributed by atoms with Crippen molar-refractivity contribution in [1.82, 2.24) is 5.32 Å². The highest BCUT2D eigenvalue weighted by Crippen LogP contribution is 2.31. The van der Waals surface area contributed by atoms with E-state index in [4.69, 9.17) is 34.8 Å². The SMILES string of the molecule is Cc1cccc(N[C@@H](NC(=O)c2ccc(Br)cc2)C(Cl)(Cl)Cl)c1. The zero-order chi connectivity index (χ0) is 17.0. The van der Waals surface area contributed by atoms with Gasteiger partial charge in [0.05, 0.1) is 0 Å². The number of anilines is 1. The lowest BCUT2D eigenvalue weighted by molar-refractivity contribution is 0.0942. The van der Waals surface area contributed by atoms with Gasteiger partial charge in [-0.2, -0.15) is 0 Å². The van der Waals surface area contributed by atoms with Crippen molar-refractivity contribution in [3.63, 3.8) is 0 Å². The van der Waals surface area contributed by atoms with Gasteiger partial charge in [-0.3, -0.25) is 4.79 Å². The molecule has 0 saturated carbocycles. The number of hydrogen-bond donors (Lipinski definition) is 2. The quantitative estimate of drug-likeness (QED) is 0.505. The Bertz CT molecular complexity index is 686. The summed E-state index contributed by atoms with van der Waals surface area (Å²) in [5.41, 5.74) is 2.27. The summed E-state index contributed by atoms with van der Waals surface area (Å²) in [6, 6.07) is 14.5. The smallest absolute Gasteiger partial charge is 0.252 e. The molecular formula is C16H14BrCl3N2O. The van der Waals surface area contributed by atoms with Crippen molar-refractivity contribution in [3.8, 4) is 0 Å². The Morgan fingerprint density at radius 2 is 1.78 bits per heavy atom. The minimum Gasteiger partial charge on any atom is -0.362 e. The second kappa shape index (κ2) is 7.75. The van der Waals surface area contributed by atoms with Crippen LogP contribution in [0.4, 0.5) is 5.69 Å². The third-order valence-corrected chi connectivity index (χ3v) is 4.22. The van der Waals surface area contributed by atoms with Crippen LogP contribution in [0.5, 0.6) is 0 Å². The van der Waals surface area contributed by atoms with Gasteiger partial charge in [0.1, 0.15) is 6.17 Å². The van der Waals surface area contributed by atoms with E-state index in [9.17, 15) is 4.79 Å². The number of amides is 1. The Balaban J connectivity index is 2.16. The maximum Gasteiger partial charge on any atom is 0.252 e. The van der Waals surface area contributed by atoms with Crippen molar-refractivity contribution < 1.29 is 4.79 Å². The molecule has 0 aliphatic rings. The van der Waals surface area contributed by atoms with Gasteiger partial charge in [0, 0.05) is 15.7 Å². The van der Waals surface area contributed by atoms with Crippen LogP contribution in [-0.2, 0) is 0 Å². The number of alkyl halides is 3. The molecule has 0 radical (unpaired) electrons. The molecule has 0 spiro atoms. The maximum absolute atomic E-state index is 12.3. The van der Waals surface area contributed by atoms with E-state index in [1.54, 1.807) is 24.3 Å². The minimum absolute atomic E-state index is 0.339. The average Bonchev–Trinajstić information content (AvgIpc) is 2.46. The number of rotatable bonds is 4. The molecular weight excluding hydrogens is 422 g/mol. The number of carbonyl (C=O) groups excluding carboxylic acids is 1. The molecule has 0 saturated heterocycles. The van der Waals surface area contributed by atoms with E-state index in [1.165, 1.54) is 0 Å². The molecule has 1 amide bonds. The van der Waals surface area contributed by atoms with Gasteiger partial charge in [-0.15, -0.1) is 0 Å². The number of aryl methyl sites for hydroxylation is 1. The van der Waals surface area contributed by atoms with Gasteiger partial charge in [0.25, 0.3) is 5.91 Å². The Hall–Kier alpha value is -0.940. The van der Waals surface area contributed by atoms with Crippen molar-refractivity contribution in [2.45, 2.75) is 16.9 Å². The van der Waals surface area contributed by atoms with E-state index in [1.807, 2.05) is 31.2 Å². The molecule has 2 rings (SSSR count). The van der Waals surface area contributed by atoms with E-state index in [0.29, 0.717) is 5.56 Å². The van der Waals surface area contributed by atoms with Gasteiger partial charge >= 0.3 is 0 Å². The van der Waals surface area contributed by atoms with Gasteiger partial charge in [-0.05, 0) is 48.9 Å². The second-order valence-corrected chi connectivity index (χ2v) is 8.25. The highest BCUT2D eigenvalue weighted by atomic mass is 79.9. The summed E-state index contributed by atoms with van der Waals surface area (Å²) in [5, 5.41) is 5.73. The van der Waals surface area contributed by atoms with Crippen LogP contribution >= 0.6 is 50.7 Å². The van der Waals surface area contributed by atoms with E-state index in [2.05, 4.69) is 26.6 Å². The number of halogens is 4. The fourth-order valence-electron chi connectivity index (χ4n) is 1.92. The predicted molar refractivity (Wildman–Crippen MR) is 100 cm³/mol. The Morgan fingerprint density at radius 1 is 1.13 bits per heavy atom. The molecule has 122 valence electrons. The third kappa shape index (κ3) is 5.57. The van der Waals surface area contributed by atoms with Gasteiger partial charge in [0.15, 0.2) is 0 Å². The summed E-state index contributed by atoms with van der Waals surface area (Å²) >= 11 is 21.3. The first kappa shape index (κ1) is 18.4. The average molecular weight is 437 g/mol. The molecule has 23 heavy (non-hydrogen) atoms. The molecule has 2 aromatic carbocycles. The normalized spacial score (nSPS) is 12.6. The minimum atomic E-state index is -1.71. The molecule has 2 aromatic rings. The lowest BCUT2D eigenvalue weighted by Crippen LogP contribution is -2.49. The number of carbonyl (C=O) groups is 1. The zero-order valence-corrected chi connectivity index (χ0v) is 16.0. The van der Waals surface area contributed by atoms with Crippen molar-refractivity contribution in [2.24, 2.45) is 0 Å². The highest BCUT2D eigenvalue weighted by molar-refractivity contribution is 9.10. The van der Waals surface area contributed by atoms with Crippen molar-refractivity contribution in [2.75, 3.05) is 5.32 Å². The summed E-state index contributed by atoms with van der Waals surface area (Å²) < 4.78 is -0.834. The Morgan fingerprint density at radius 3 is 2.35 bits per heavy atom. The van der Waals surface area contributed by atoms with Crippen molar-refractivity contribution >= 4 is 62.3 Å². The van der Waals surface area contributed by atoms with Crippen molar-refractivity contribution in [1.29, 1.82) is 0 Å². The molecule has 7 heteroatoms. The van der Waals surface area contributed by atoms with E-state index in [0.717, 1.165) is 15.7 Å². The first-order chi connectivity index (χ1) is 10.8. The standard InChI is InChI=1S/C16H14BrCl3N2O/c1-10-3-2-4-13(9-10)21-15(16(18,19)20)22-14(23)11-5-7-12(17)8-6-11/h2-9,15,21H,1H3,(H,22,23)/t15-/m0/s1. The first-order valence-corrected chi connectivity index (χ1v) is 8.65. The summed E-state index contributed by atoms with van der Waals surface area (Å²) in [4.78, 5) is 12.3. The fourth-order valence-corrected chi connectivity index (χ4v) is 2.51. The van der Waals surface area contributed by atoms with E-state index < -0.39 is 9.96 Å². The summed E-state index contributed by atoms with van der Waals surface area (Å²) in [6.07, 6.45) is -0.884. The van der Waals surface area contributed by atoms with Crippen LogP contribution in [0.25, 0.3) is 0 Å². The van der Waals surface area contributed by atoms with Gasteiger partial charge in [-0.1, -0.05) is 62.9 Å². The number of hydrogen-bond acceptors (Lipinski definition) is 2. The molecule has 0 aromatic heterocycles. The largest absolute Gasteiger partial charge is 0.362 e. The number of nitrogens with one attached hydrogen (secondary N) is 2. The van der Waals surface area contributed by atoms with Crippen LogP contribution in [0.3, 0.4) is 0 Å². The van der Waals surface area contributed by atoms with Crippen LogP contribution < -0.4 is 10.6 Å². The van der Waals surface area contributed by atoms with Crippen LogP contribution in [0.2, 0.25) is 0 Å². The summed E-state index contributed by atoms with van der Waals surface area (Å²) in [7, 11) is 0. The van der Waals surface area contributed by atoms with Crippen molar-refractivity contribution in [3.05, 3.63) is 64.1 Å². The van der Waals surface area contributed by atoms with Gasteiger partial charge in [-0.25, -0.2) is 0 Å². The molecule has 0 aliphatic carbocycles. The molecule has 0 aliphatic heterocycles. The van der Waals surface area contributed by atoms with Gasteiger partial charge in [0.2, 0.25) is 3.79 Å². The molecule has 0 heterocycles. The molecule has 2 N–H and O–H groups in total. The number of benzene rings is 2. The summed E-state index contributed by atoms with van der Waals surface area (Å²) in [5.74, 6) is -0.339. The monoisotopic (exact) mass is 434 g/mol. The summed E-state index contributed by atoms with van der Waals surface area (Å²) in [6.45, 7) is 1.95. The fraction of sp³-hybridized carbons (Fsp3) is 0.188. The lowest BCUT2D eigenvalue weighted by atomic mass is 10.2. The molecule has 0 unspecified atom stereocenters. The first-order valence-electron chi connectivity index (χ1n) is 6.72. The molecule has 0 fully saturated rings. The lowest BCUT2D eigenvalue weighted by Gasteiger charge is -2.27. The highest BCUT2D eigenvalue weighted by Gasteiger charge is 2.34. The van der Waals surface area contributed by atoms with Crippen LogP contribution in [-0.4, -0.2) is 15.9 Å². The molecule has 1 atom stereocenters. The van der Waals surface area contributed by atoms with Gasteiger partial charge < -0.3 is 10.6 Å². The second-order valence-electron chi connectivity index (χ2n) is 4.97.